The maximum atomic E-state index is 11.9. The lowest BCUT2D eigenvalue weighted by Gasteiger charge is -2.20. The van der Waals surface area contributed by atoms with Crippen LogP contribution in [0, 0.1) is 26.2 Å². The van der Waals surface area contributed by atoms with Crippen molar-refractivity contribution < 1.29 is 14.7 Å². The highest BCUT2D eigenvalue weighted by Gasteiger charge is 2.36. The van der Waals surface area contributed by atoms with Crippen LogP contribution in [-0.4, -0.2) is 17.0 Å². The van der Waals surface area contributed by atoms with Gasteiger partial charge in [-0.15, -0.1) is 0 Å². The van der Waals surface area contributed by atoms with Crippen LogP contribution in [0.3, 0.4) is 0 Å². The van der Waals surface area contributed by atoms with Gasteiger partial charge in [0.25, 0.3) is 0 Å². The number of carbonyl (C=O) groups excluding carboxylic acids is 1. The van der Waals surface area contributed by atoms with Crippen LogP contribution < -0.4 is 5.32 Å². The zero-order valence-corrected chi connectivity index (χ0v) is 11.4. The van der Waals surface area contributed by atoms with E-state index in [2.05, 4.69) is 5.32 Å². The summed E-state index contributed by atoms with van der Waals surface area (Å²) in [7, 11) is 0. The summed E-state index contributed by atoms with van der Waals surface area (Å²) in [5.41, 5.74) is 2.35. The summed E-state index contributed by atoms with van der Waals surface area (Å²) in [6.07, 6.45) is 0. The highest BCUT2D eigenvalue weighted by atomic mass is 16.4. The maximum absolute atomic E-state index is 11.9. The Morgan fingerprint density at radius 3 is 2.06 bits per heavy atom. The standard InChI is InChI=1S/C14H19NO3/c1-8-6-10(3)11(7-9(8)2)15-12(16)14(4,5)13(17)18/h6-7H,1-5H3,(H,15,16)(H,17,18). The molecule has 0 atom stereocenters. The molecule has 0 spiro atoms. The van der Waals surface area contributed by atoms with E-state index in [4.69, 9.17) is 5.11 Å². The van der Waals surface area contributed by atoms with E-state index in [1.165, 1.54) is 13.8 Å². The average Bonchev–Trinajstić information content (AvgIpc) is 2.25. The van der Waals surface area contributed by atoms with Crippen LogP contribution in [0.2, 0.25) is 0 Å². The van der Waals surface area contributed by atoms with Crippen LogP contribution in [-0.2, 0) is 9.59 Å². The summed E-state index contributed by atoms with van der Waals surface area (Å²) in [6.45, 7) is 8.61. The first-order chi connectivity index (χ1) is 8.16. The highest BCUT2D eigenvalue weighted by molar-refractivity contribution is 6.07. The van der Waals surface area contributed by atoms with Crippen molar-refractivity contribution in [1.82, 2.24) is 0 Å². The summed E-state index contributed by atoms with van der Waals surface area (Å²) in [4.78, 5) is 22.9. The van der Waals surface area contributed by atoms with E-state index >= 15 is 0 Å². The van der Waals surface area contributed by atoms with Gasteiger partial charge in [-0.2, -0.15) is 0 Å². The maximum Gasteiger partial charge on any atom is 0.318 e. The molecule has 0 unspecified atom stereocenters. The molecule has 0 aliphatic heterocycles. The number of aryl methyl sites for hydroxylation is 3. The third-order valence-electron chi connectivity index (χ3n) is 3.19. The average molecular weight is 249 g/mol. The first-order valence-corrected chi connectivity index (χ1v) is 5.79. The highest BCUT2D eigenvalue weighted by Crippen LogP contribution is 2.23. The number of carbonyl (C=O) groups is 2. The molecule has 0 fully saturated rings. The second-order valence-corrected chi connectivity index (χ2v) is 5.14. The van der Waals surface area contributed by atoms with Gasteiger partial charge in [0.05, 0.1) is 0 Å². The van der Waals surface area contributed by atoms with Crippen molar-refractivity contribution in [3.63, 3.8) is 0 Å². The molecule has 1 aromatic carbocycles. The van der Waals surface area contributed by atoms with E-state index in [0.717, 1.165) is 16.7 Å². The number of carboxylic acids is 1. The number of benzene rings is 1. The molecule has 0 radical (unpaired) electrons. The Labute approximate surface area is 107 Å². The van der Waals surface area contributed by atoms with Gasteiger partial charge in [0, 0.05) is 5.69 Å². The molecule has 4 nitrogen and oxygen atoms in total. The molecular weight excluding hydrogens is 230 g/mol. The normalized spacial score (nSPS) is 11.2. The number of rotatable bonds is 3. The van der Waals surface area contributed by atoms with Crippen LogP contribution in [0.5, 0.6) is 0 Å². The Morgan fingerprint density at radius 1 is 1.06 bits per heavy atom. The Kier molecular flexibility index (Phi) is 3.79. The third-order valence-corrected chi connectivity index (χ3v) is 3.19. The van der Waals surface area contributed by atoms with Gasteiger partial charge < -0.3 is 10.4 Å². The van der Waals surface area contributed by atoms with Gasteiger partial charge >= 0.3 is 5.97 Å². The second-order valence-electron chi connectivity index (χ2n) is 5.14. The predicted octanol–water partition coefficient (Wildman–Crippen LogP) is 2.66. The van der Waals surface area contributed by atoms with E-state index in [-0.39, 0.29) is 0 Å². The number of nitrogens with one attached hydrogen (secondary N) is 1. The Balaban J connectivity index is 3.03. The molecule has 0 saturated heterocycles. The first-order valence-electron chi connectivity index (χ1n) is 5.79. The van der Waals surface area contributed by atoms with Crippen LogP contribution in [0.15, 0.2) is 12.1 Å². The SMILES string of the molecule is Cc1cc(C)c(NC(=O)C(C)(C)C(=O)O)cc1C. The molecule has 0 aromatic heterocycles. The van der Waals surface area contributed by atoms with E-state index in [1.807, 2.05) is 32.9 Å². The number of carboxylic acid groups (broad SMARTS) is 1. The van der Waals surface area contributed by atoms with Gasteiger partial charge in [-0.05, 0) is 57.4 Å². The van der Waals surface area contributed by atoms with E-state index < -0.39 is 17.3 Å². The summed E-state index contributed by atoms with van der Waals surface area (Å²) < 4.78 is 0. The minimum absolute atomic E-state index is 0.513. The van der Waals surface area contributed by atoms with E-state index in [0.29, 0.717) is 5.69 Å². The molecule has 1 amide bonds. The van der Waals surface area contributed by atoms with Crippen molar-refractivity contribution in [2.75, 3.05) is 5.32 Å². The fourth-order valence-electron chi connectivity index (χ4n) is 1.47. The Morgan fingerprint density at radius 2 is 1.56 bits per heavy atom. The van der Waals surface area contributed by atoms with Crippen molar-refractivity contribution in [2.24, 2.45) is 5.41 Å². The number of hydrogen-bond acceptors (Lipinski definition) is 2. The van der Waals surface area contributed by atoms with Crippen LogP contribution >= 0.6 is 0 Å². The van der Waals surface area contributed by atoms with Crippen LogP contribution in [0.1, 0.15) is 30.5 Å². The van der Waals surface area contributed by atoms with Crippen LogP contribution in [0.4, 0.5) is 5.69 Å². The molecule has 0 aliphatic rings. The van der Waals surface area contributed by atoms with Gasteiger partial charge in [-0.25, -0.2) is 0 Å². The fraction of sp³-hybridized carbons (Fsp3) is 0.429. The van der Waals surface area contributed by atoms with Gasteiger partial charge in [0.2, 0.25) is 5.91 Å². The summed E-state index contributed by atoms with van der Waals surface area (Å²) in [5.74, 6) is -1.65. The lowest BCUT2D eigenvalue weighted by Crippen LogP contribution is -2.38. The Bertz CT molecular complexity index is 504. The van der Waals surface area contributed by atoms with Crippen molar-refractivity contribution in [3.8, 4) is 0 Å². The quantitative estimate of drug-likeness (QED) is 0.809. The van der Waals surface area contributed by atoms with Crippen molar-refractivity contribution in [2.45, 2.75) is 34.6 Å². The third kappa shape index (κ3) is 2.70. The molecule has 4 heteroatoms. The molecule has 18 heavy (non-hydrogen) atoms. The predicted molar refractivity (Wildman–Crippen MR) is 70.7 cm³/mol. The second kappa shape index (κ2) is 4.80. The van der Waals surface area contributed by atoms with Crippen molar-refractivity contribution >= 4 is 17.6 Å². The monoisotopic (exact) mass is 249 g/mol. The zero-order valence-electron chi connectivity index (χ0n) is 11.4. The smallest absolute Gasteiger partial charge is 0.318 e. The van der Waals surface area contributed by atoms with Crippen molar-refractivity contribution in [1.29, 1.82) is 0 Å². The fourth-order valence-corrected chi connectivity index (χ4v) is 1.47. The molecule has 0 saturated carbocycles. The molecule has 1 rings (SSSR count). The topological polar surface area (TPSA) is 66.4 Å². The summed E-state index contributed by atoms with van der Waals surface area (Å²) in [6, 6.07) is 3.83. The summed E-state index contributed by atoms with van der Waals surface area (Å²) in [5, 5.41) is 11.7. The minimum Gasteiger partial charge on any atom is -0.480 e. The first kappa shape index (κ1) is 14.2. The molecule has 0 bridgehead atoms. The number of anilines is 1. The number of hydrogen-bond donors (Lipinski definition) is 2. The molecule has 0 aliphatic carbocycles. The molecule has 0 heterocycles. The summed E-state index contributed by atoms with van der Waals surface area (Å²) >= 11 is 0. The van der Waals surface area contributed by atoms with Gasteiger partial charge in [0.15, 0.2) is 0 Å². The van der Waals surface area contributed by atoms with Gasteiger partial charge in [-0.1, -0.05) is 6.07 Å². The minimum atomic E-state index is -1.44. The van der Waals surface area contributed by atoms with Crippen LogP contribution in [0.25, 0.3) is 0 Å². The zero-order chi connectivity index (χ0) is 14.1. The largest absolute Gasteiger partial charge is 0.480 e. The van der Waals surface area contributed by atoms with Gasteiger partial charge in [0.1, 0.15) is 5.41 Å². The lowest BCUT2D eigenvalue weighted by atomic mass is 9.92. The molecule has 2 N–H and O–H groups in total. The van der Waals surface area contributed by atoms with E-state index in [1.54, 1.807) is 0 Å². The number of amides is 1. The molecular formula is C14H19NO3. The molecule has 1 aromatic rings. The van der Waals surface area contributed by atoms with E-state index in [9.17, 15) is 9.59 Å². The lowest BCUT2D eigenvalue weighted by molar-refractivity contribution is -0.151. The van der Waals surface area contributed by atoms with Crippen molar-refractivity contribution in [3.05, 3.63) is 28.8 Å². The number of aliphatic carboxylic acids is 1. The Hall–Kier alpha value is -1.84. The van der Waals surface area contributed by atoms with Gasteiger partial charge in [-0.3, -0.25) is 9.59 Å². The molecule has 98 valence electrons.